The molecule has 0 bridgehead atoms. The first-order chi connectivity index (χ1) is 10.7. The highest BCUT2D eigenvalue weighted by atomic mass is 16.1. The lowest BCUT2D eigenvalue weighted by molar-refractivity contribution is -0.117. The SMILES string of the molecule is CCCC(C)NC(=O)C=Cc1cn(Cc2ccccc2)nn1. The molecule has 1 amide bonds. The van der Waals surface area contributed by atoms with Gasteiger partial charge < -0.3 is 5.32 Å². The zero-order valence-electron chi connectivity index (χ0n) is 13.1. The molecule has 1 heterocycles. The standard InChI is InChI=1S/C17H22N4O/c1-3-7-14(2)18-17(22)11-10-16-13-21(20-19-16)12-15-8-5-4-6-9-15/h4-6,8-11,13-14H,3,7,12H2,1-2H3,(H,18,22). The molecule has 0 fully saturated rings. The number of carbonyl (C=O) groups is 1. The summed E-state index contributed by atoms with van der Waals surface area (Å²) in [7, 11) is 0. The van der Waals surface area contributed by atoms with E-state index in [0.29, 0.717) is 12.2 Å². The highest BCUT2D eigenvalue weighted by Gasteiger charge is 2.04. The van der Waals surface area contributed by atoms with Crippen LogP contribution in [0.5, 0.6) is 0 Å². The van der Waals surface area contributed by atoms with Gasteiger partial charge >= 0.3 is 0 Å². The summed E-state index contributed by atoms with van der Waals surface area (Å²) >= 11 is 0. The van der Waals surface area contributed by atoms with Gasteiger partial charge in [-0.1, -0.05) is 48.9 Å². The molecular weight excluding hydrogens is 276 g/mol. The van der Waals surface area contributed by atoms with E-state index in [1.807, 2.05) is 43.5 Å². The van der Waals surface area contributed by atoms with E-state index in [1.54, 1.807) is 10.8 Å². The van der Waals surface area contributed by atoms with Gasteiger partial charge in [-0.15, -0.1) is 5.10 Å². The Kier molecular flexibility index (Phi) is 5.89. The Hall–Kier alpha value is -2.43. The van der Waals surface area contributed by atoms with Crippen LogP contribution >= 0.6 is 0 Å². The van der Waals surface area contributed by atoms with E-state index in [4.69, 9.17) is 0 Å². The number of nitrogens with one attached hydrogen (secondary N) is 1. The molecule has 0 aliphatic heterocycles. The van der Waals surface area contributed by atoms with Crippen LogP contribution in [0.25, 0.3) is 6.08 Å². The van der Waals surface area contributed by atoms with E-state index in [2.05, 4.69) is 22.6 Å². The van der Waals surface area contributed by atoms with E-state index in [-0.39, 0.29) is 11.9 Å². The molecule has 5 heteroatoms. The molecule has 1 aromatic carbocycles. The van der Waals surface area contributed by atoms with E-state index in [0.717, 1.165) is 18.4 Å². The van der Waals surface area contributed by atoms with Crippen molar-refractivity contribution in [1.29, 1.82) is 0 Å². The van der Waals surface area contributed by atoms with Crippen LogP contribution in [0.4, 0.5) is 0 Å². The van der Waals surface area contributed by atoms with E-state index in [1.165, 1.54) is 6.08 Å². The molecule has 1 unspecified atom stereocenters. The minimum atomic E-state index is -0.0986. The van der Waals surface area contributed by atoms with Crippen molar-refractivity contribution in [1.82, 2.24) is 20.3 Å². The predicted molar refractivity (Wildman–Crippen MR) is 87.1 cm³/mol. The molecule has 0 spiro atoms. The number of benzene rings is 1. The van der Waals surface area contributed by atoms with Gasteiger partial charge in [0.1, 0.15) is 5.69 Å². The number of hydrogen-bond acceptors (Lipinski definition) is 3. The molecule has 1 N–H and O–H groups in total. The molecule has 0 saturated heterocycles. The van der Waals surface area contributed by atoms with Gasteiger partial charge in [0.05, 0.1) is 12.7 Å². The van der Waals surface area contributed by atoms with Gasteiger partial charge in [0, 0.05) is 12.1 Å². The maximum atomic E-state index is 11.7. The van der Waals surface area contributed by atoms with Crippen molar-refractivity contribution in [2.45, 2.75) is 39.3 Å². The van der Waals surface area contributed by atoms with E-state index in [9.17, 15) is 4.79 Å². The summed E-state index contributed by atoms with van der Waals surface area (Å²) in [5, 5.41) is 11.0. The predicted octanol–water partition coefficient (Wildman–Crippen LogP) is 2.64. The maximum Gasteiger partial charge on any atom is 0.244 e. The van der Waals surface area contributed by atoms with Crippen LogP contribution in [0.3, 0.4) is 0 Å². The summed E-state index contributed by atoms with van der Waals surface area (Å²) in [6.45, 7) is 4.77. The second kappa shape index (κ2) is 8.12. The van der Waals surface area contributed by atoms with Gasteiger partial charge in [-0.3, -0.25) is 4.79 Å². The Morgan fingerprint density at radius 3 is 2.86 bits per heavy atom. The van der Waals surface area contributed by atoms with Crippen LogP contribution < -0.4 is 5.32 Å². The average molecular weight is 298 g/mol. The van der Waals surface area contributed by atoms with Crippen molar-refractivity contribution >= 4 is 12.0 Å². The molecule has 22 heavy (non-hydrogen) atoms. The lowest BCUT2D eigenvalue weighted by Crippen LogP contribution is -2.30. The highest BCUT2D eigenvalue weighted by molar-refractivity contribution is 5.91. The minimum Gasteiger partial charge on any atom is -0.350 e. The molecule has 1 atom stereocenters. The molecule has 116 valence electrons. The van der Waals surface area contributed by atoms with Crippen LogP contribution in [-0.4, -0.2) is 26.9 Å². The number of aromatic nitrogens is 3. The van der Waals surface area contributed by atoms with Crippen LogP contribution in [0.2, 0.25) is 0 Å². The molecule has 5 nitrogen and oxygen atoms in total. The van der Waals surface area contributed by atoms with Gasteiger partial charge in [-0.25, -0.2) is 4.68 Å². The van der Waals surface area contributed by atoms with Crippen molar-refractivity contribution < 1.29 is 4.79 Å². The minimum absolute atomic E-state index is 0.0986. The summed E-state index contributed by atoms with van der Waals surface area (Å²) in [5.74, 6) is -0.0986. The largest absolute Gasteiger partial charge is 0.350 e. The number of hydrogen-bond donors (Lipinski definition) is 1. The van der Waals surface area contributed by atoms with Crippen molar-refractivity contribution in [3.05, 3.63) is 53.9 Å². The van der Waals surface area contributed by atoms with E-state index >= 15 is 0 Å². The fourth-order valence-electron chi connectivity index (χ4n) is 2.19. The smallest absolute Gasteiger partial charge is 0.244 e. The third-order valence-electron chi connectivity index (χ3n) is 3.26. The second-order valence-electron chi connectivity index (χ2n) is 5.36. The van der Waals surface area contributed by atoms with Gasteiger partial charge in [0.2, 0.25) is 5.91 Å². The van der Waals surface area contributed by atoms with Crippen LogP contribution in [-0.2, 0) is 11.3 Å². The molecule has 0 saturated carbocycles. The van der Waals surface area contributed by atoms with Crippen LogP contribution in [0.15, 0.2) is 42.6 Å². The first-order valence-corrected chi connectivity index (χ1v) is 7.60. The average Bonchev–Trinajstić information content (AvgIpc) is 2.94. The van der Waals surface area contributed by atoms with Crippen molar-refractivity contribution in [2.75, 3.05) is 0 Å². The maximum absolute atomic E-state index is 11.7. The molecule has 2 rings (SSSR count). The molecular formula is C17H22N4O. The fourth-order valence-corrected chi connectivity index (χ4v) is 2.19. The number of carbonyl (C=O) groups excluding carboxylic acids is 1. The Bertz CT molecular complexity index is 619. The van der Waals surface area contributed by atoms with Gasteiger partial charge in [0.15, 0.2) is 0 Å². The molecule has 0 aliphatic carbocycles. The molecule has 0 radical (unpaired) electrons. The first-order valence-electron chi connectivity index (χ1n) is 7.60. The van der Waals surface area contributed by atoms with Crippen LogP contribution in [0, 0.1) is 0 Å². The van der Waals surface area contributed by atoms with Gasteiger partial charge in [-0.2, -0.15) is 0 Å². The quantitative estimate of drug-likeness (QED) is 0.799. The summed E-state index contributed by atoms with van der Waals surface area (Å²) in [6, 6.07) is 10.2. The lowest BCUT2D eigenvalue weighted by atomic mass is 10.2. The zero-order valence-corrected chi connectivity index (χ0v) is 13.1. The Labute approximate surface area is 131 Å². The molecule has 2 aromatic rings. The van der Waals surface area contributed by atoms with Crippen molar-refractivity contribution in [2.24, 2.45) is 0 Å². The monoisotopic (exact) mass is 298 g/mol. The Morgan fingerprint density at radius 2 is 2.14 bits per heavy atom. The summed E-state index contributed by atoms with van der Waals surface area (Å²) in [4.78, 5) is 11.7. The topological polar surface area (TPSA) is 59.8 Å². The summed E-state index contributed by atoms with van der Waals surface area (Å²) < 4.78 is 1.76. The summed E-state index contributed by atoms with van der Waals surface area (Å²) in [6.07, 6.45) is 7.05. The summed E-state index contributed by atoms with van der Waals surface area (Å²) in [5.41, 5.74) is 1.84. The van der Waals surface area contributed by atoms with Crippen molar-refractivity contribution in [3.8, 4) is 0 Å². The molecule has 0 aliphatic rings. The van der Waals surface area contributed by atoms with Gasteiger partial charge in [-0.05, 0) is 25.0 Å². The van der Waals surface area contributed by atoms with Gasteiger partial charge in [0.25, 0.3) is 0 Å². The normalized spacial score (nSPS) is 12.5. The number of rotatable bonds is 7. The van der Waals surface area contributed by atoms with Crippen LogP contribution in [0.1, 0.15) is 37.9 Å². The van der Waals surface area contributed by atoms with E-state index < -0.39 is 0 Å². The third kappa shape index (κ3) is 5.16. The highest BCUT2D eigenvalue weighted by Crippen LogP contribution is 2.03. The number of amides is 1. The fraction of sp³-hybridized carbons (Fsp3) is 0.353. The first kappa shape index (κ1) is 15.9. The lowest BCUT2D eigenvalue weighted by Gasteiger charge is -2.10. The van der Waals surface area contributed by atoms with Crippen molar-refractivity contribution in [3.63, 3.8) is 0 Å². The number of nitrogens with zero attached hydrogens (tertiary/aromatic N) is 3. The molecule has 1 aromatic heterocycles. The second-order valence-corrected chi connectivity index (χ2v) is 5.36. The third-order valence-corrected chi connectivity index (χ3v) is 3.26. The zero-order chi connectivity index (χ0) is 15.8. The Balaban J connectivity index is 1.89. The Morgan fingerprint density at radius 1 is 1.36 bits per heavy atom.